The largest absolute Gasteiger partial charge is 0.481 e. The highest BCUT2D eigenvalue weighted by Crippen LogP contribution is 2.30. The molecule has 0 aromatic heterocycles. The highest BCUT2D eigenvalue weighted by Gasteiger charge is 2.41. The second kappa shape index (κ2) is 5.83. The molecule has 1 N–H and O–H groups in total. The molecule has 1 heterocycles. The van der Waals surface area contributed by atoms with E-state index in [0.717, 1.165) is 5.56 Å². The number of benzene rings is 1. The SMILES string of the molecule is C[C@@]1(C(=O)O)CCN(C(=O)CCc2cccc(Cl)c2)C1. The maximum atomic E-state index is 12.1. The number of carbonyl (C=O) groups excluding carboxylic acids is 1. The third kappa shape index (κ3) is 3.31. The van der Waals surface area contributed by atoms with Crippen molar-refractivity contribution in [2.45, 2.75) is 26.2 Å². The average molecular weight is 296 g/mol. The average Bonchev–Trinajstić information content (AvgIpc) is 2.80. The van der Waals surface area contributed by atoms with Crippen LogP contribution in [-0.2, 0) is 16.0 Å². The second-order valence-corrected chi connectivity index (χ2v) is 6.00. The summed E-state index contributed by atoms with van der Waals surface area (Å²) in [6.07, 6.45) is 1.53. The van der Waals surface area contributed by atoms with Gasteiger partial charge in [-0.3, -0.25) is 9.59 Å². The minimum Gasteiger partial charge on any atom is -0.481 e. The van der Waals surface area contributed by atoms with Crippen molar-refractivity contribution in [2.75, 3.05) is 13.1 Å². The van der Waals surface area contributed by atoms with Crippen molar-refractivity contribution < 1.29 is 14.7 Å². The van der Waals surface area contributed by atoms with Gasteiger partial charge < -0.3 is 10.0 Å². The summed E-state index contributed by atoms with van der Waals surface area (Å²) >= 11 is 5.90. The van der Waals surface area contributed by atoms with Crippen LogP contribution in [0, 0.1) is 5.41 Å². The fourth-order valence-electron chi connectivity index (χ4n) is 2.45. The van der Waals surface area contributed by atoms with E-state index in [2.05, 4.69) is 0 Å². The number of carbonyl (C=O) groups is 2. The Morgan fingerprint density at radius 2 is 2.20 bits per heavy atom. The Kier molecular flexibility index (Phi) is 4.33. The topological polar surface area (TPSA) is 57.6 Å². The zero-order valence-corrected chi connectivity index (χ0v) is 12.2. The zero-order valence-electron chi connectivity index (χ0n) is 11.4. The minimum atomic E-state index is -0.831. The lowest BCUT2D eigenvalue weighted by atomic mass is 9.90. The first-order valence-corrected chi connectivity index (χ1v) is 7.04. The van der Waals surface area contributed by atoms with Crippen molar-refractivity contribution in [3.05, 3.63) is 34.9 Å². The molecular weight excluding hydrogens is 278 g/mol. The minimum absolute atomic E-state index is 0.00921. The van der Waals surface area contributed by atoms with Gasteiger partial charge in [0, 0.05) is 24.5 Å². The lowest BCUT2D eigenvalue weighted by molar-refractivity contribution is -0.147. The maximum Gasteiger partial charge on any atom is 0.311 e. The number of rotatable bonds is 4. The monoisotopic (exact) mass is 295 g/mol. The molecule has 1 aromatic carbocycles. The van der Waals surface area contributed by atoms with Crippen molar-refractivity contribution in [2.24, 2.45) is 5.41 Å². The van der Waals surface area contributed by atoms with E-state index >= 15 is 0 Å². The highest BCUT2D eigenvalue weighted by atomic mass is 35.5. The summed E-state index contributed by atoms with van der Waals surface area (Å²) in [7, 11) is 0. The molecule has 108 valence electrons. The fourth-order valence-corrected chi connectivity index (χ4v) is 2.66. The van der Waals surface area contributed by atoms with E-state index in [9.17, 15) is 9.59 Å². The molecule has 1 saturated heterocycles. The van der Waals surface area contributed by atoms with E-state index in [4.69, 9.17) is 16.7 Å². The molecule has 0 bridgehead atoms. The van der Waals surface area contributed by atoms with E-state index in [-0.39, 0.29) is 5.91 Å². The zero-order chi connectivity index (χ0) is 14.8. The van der Waals surface area contributed by atoms with Crippen LogP contribution in [0.15, 0.2) is 24.3 Å². The Bertz CT molecular complexity index is 532. The van der Waals surface area contributed by atoms with Gasteiger partial charge in [-0.05, 0) is 37.5 Å². The van der Waals surface area contributed by atoms with E-state index in [0.29, 0.717) is 37.4 Å². The normalized spacial score (nSPS) is 22.0. The molecule has 1 aromatic rings. The number of amides is 1. The number of hydrogen-bond acceptors (Lipinski definition) is 2. The number of aliphatic carboxylic acids is 1. The number of likely N-dealkylation sites (tertiary alicyclic amines) is 1. The number of nitrogens with zero attached hydrogens (tertiary/aromatic N) is 1. The first-order valence-electron chi connectivity index (χ1n) is 6.66. The molecule has 1 fully saturated rings. The van der Waals surface area contributed by atoms with Gasteiger partial charge in [0.15, 0.2) is 0 Å². The third-order valence-corrected chi connectivity index (χ3v) is 4.09. The molecule has 20 heavy (non-hydrogen) atoms. The van der Waals surface area contributed by atoms with Gasteiger partial charge in [0.25, 0.3) is 0 Å². The van der Waals surface area contributed by atoms with Gasteiger partial charge in [0.05, 0.1) is 5.41 Å². The first kappa shape index (κ1) is 14.9. The van der Waals surface area contributed by atoms with Crippen LogP contribution in [0.4, 0.5) is 0 Å². The van der Waals surface area contributed by atoms with E-state index < -0.39 is 11.4 Å². The Labute approximate surface area is 123 Å². The standard InChI is InChI=1S/C15H18ClNO3/c1-15(14(19)20)7-8-17(10-15)13(18)6-5-11-3-2-4-12(16)9-11/h2-4,9H,5-8,10H2,1H3,(H,19,20)/t15-/m1/s1. The number of halogens is 1. The van der Waals surface area contributed by atoms with Gasteiger partial charge in [-0.1, -0.05) is 23.7 Å². The molecular formula is C15H18ClNO3. The molecule has 0 saturated carbocycles. The van der Waals surface area contributed by atoms with Crippen LogP contribution in [0.1, 0.15) is 25.3 Å². The molecule has 1 atom stereocenters. The summed E-state index contributed by atoms with van der Waals surface area (Å²) < 4.78 is 0. The number of hydrogen-bond donors (Lipinski definition) is 1. The van der Waals surface area contributed by atoms with Crippen LogP contribution in [0.5, 0.6) is 0 Å². The number of carboxylic acid groups (broad SMARTS) is 1. The van der Waals surface area contributed by atoms with Crippen molar-refractivity contribution in [3.63, 3.8) is 0 Å². The smallest absolute Gasteiger partial charge is 0.311 e. The van der Waals surface area contributed by atoms with Gasteiger partial charge in [0.2, 0.25) is 5.91 Å². The molecule has 1 aliphatic heterocycles. The quantitative estimate of drug-likeness (QED) is 0.929. The summed E-state index contributed by atoms with van der Waals surface area (Å²) in [6, 6.07) is 7.44. The van der Waals surface area contributed by atoms with Crippen LogP contribution in [-0.4, -0.2) is 35.0 Å². The molecule has 1 amide bonds. The molecule has 4 nitrogen and oxygen atoms in total. The molecule has 1 aliphatic rings. The van der Waals surface area contributed by atoms with E-state index in [1.807, 2.05) is 18.2 Å². The van der Waals surface area contributed by atoms with Gasteiger partial charge in [-0.15, -0.1) is 0 Å². The second-order valence-electron chi connectivity index (χ2n) is 5.56. The van der Waals surface area contributed by atoms with Crippen molar-refractivity contribution in [3.8, 4) is 0 Å². The van der Waals surface area contributed by atoms with Crippen molar-refractivity contribution in [1.82, 2.24) is 4.90 Å². The van der Waals surface area contributed by atoms with Crippen molar-refractivity contribution >= 4 is 23.5 Å². The van der Waals surface area contributed by atoms with Crippen LogP contribution in [0.2, 0.25) is 5.02 Å². The molecule has 0 aliphatic carbocycles. The van der Waals surface area contributed by atoms with Gasteiger partial charge in [-0.25, -0.2) is 0 Å². The van der Waals surface area contributed by atoms with Crippen molar-refractivity contribution in [1.29, 1.82) is 0 Å². The summed E-state index contributed by atoms with van der Waals surface area (Å²) in [5, 5.41) is 9.82. The van der Waals surface area contributed by atoms with Crippen LogP contribution in [0.3, 0.4) is 0 Å². The van der Waals surface area contributed by atoms with Gasteiger partial charge in [0.1, 0.15) is 0 Å². The molecule has 0 spiro atoms. The van der Waals surface area contributed by atoms with Gasteiger partial charge >= 0.3 is 5.97 Å². The molecule has 0 unspecified atom stereocenters. The van der Waals surface area contributed by atoms with Crippen LogP contribution >= 0.6 is 11.6 Å². The number of carboxylic acids is 1. The number of aryl methyl sites for hydroxylation is 1. The maximum absolute atomic E-state index is 12.1. The lowest BCUT2D eigenvalue weighted by Gasteiger charge is -2.20. The Morgan fingerprint density at radius 1 is 1.45 bits per heavy atom. The fraction of sp³-hybridized carbons (Fsp3) is 0.467. The first-order chi connectivity index (χ1) is 9.40. The molecule has 2 rings (SSSR count). The van der Waals surface area contributed by atoms with E-state index in [1.165, 1.54) is 0 Å². The Balaban J connectivity index is 1.89. The molecule has 0 radical (unpaired) electrons. The van der Waals surface area contributed by atoms with Crippen LogP contribution < -0.4 is 0 Å². The molecule has 5 heteroatoms. The Hall–Kier alpha value is -1.55. The summed E-state index contributed by atoms with van der Waals surface area (Å²) in [5.41, 5.74) is 0.220. The van der Waals surface area contributed by atoms with Gasteiger partial charge in [-0.2, -0.15) is 0 Å². The summed E-state index contributed by atoms with van der Waals surface area (Å²) in [5.74, 6) is -0.822. The van der Waals surface area contributed by atoms with Crippen LogP contribution in [0.25, 0.3) is 0 Å². The predicted octanol–water partition coefficient (Wildman–Crippen LogP) is 2.60. The third-order valence-electron chi connectivity index (χ3n) is 3.86. The predicted molar refractivity (Wildman–Crippen MR) is 76.7 cm³/mol. The highest BCUT2D eigenvalue weighted by molar-refractivity contribution is 6.30. The Morgan fingerprint density at radius 3 is 2.80 bits per heavy atom. The lowest BCUT2D eigenvalue weighted by Crippen LogP contribution is -2.34. The van der Waals surface area contributed by atoms with E-state index in [1.54, 1.807) is 17.9 Å². The summed E-state index contributed by atoms with van der Waals surface area (Å²) in [4.78, 5) is 24.9. The summed E-state index contributed by atoms with van der Waals surface area (Å²) in [6.45, 7) is 2.52.